The van der Waals surface area contributed by atoms with Gasteiger partial charge in [-0.15, -0.1) is 0 Å². The van der Waals surface area contributed by atoms with E-state index in [2.05, 4.69) is 11.7 Å². The number of hydrogen-bond acceptors (Lipinski definition) is 4. The van der Waals surface area contributed by atoms with Crippen LogP contribution < -0.4 is 0 Å². The van der Waals surface area contributed by atoms with Crippen LogP contribution in [0.5, 0.6) is 0 Å². The zero-order valence-electron chi connectivity index (χ0n) is 10.1. The smallest absolute Gasteiger partial charge is 0.435 e. The number of carbonyl (C=O) groups excluding carboxylic acids is 1. The molecule has 15 heavy (non-hydrogen) atoms. The van der Waals surface area contributed by atoms with Crippen molar-refractivity contribution in [2.24, 2.45) is 0 Å². The van der Waals surface area contributed by atoms with Crippen LogP contribution in [-0.2, 0) is 14.2 Å². The molecule has 0 aromatic carbocycles. The fourth-order valence-corrected chi connectivity index (χ4v) is 0.949. The maximum Gasteiger partial charge on any atom is 0.508 e. The van der Waals surface area contributed by atoms with E-state index in [1.54, 1.807) is 13.8 Å². The molecule has 90 valence electrons. The van der Waals surface area contributed by atoms with Gasteiger partial charge >= 0.3 is 6.16 Å². The van der Waals surface area contributed by atoms with Gasteiger partial charge in [-0.1, -0.05) is 13.3 Å². The van der Waals surface area contributed by atoms with Crippen molar-refractivity contribution in [3.8, 4) is 0 Å². The van der Waals surface area contributed by atoms with E-state index in [-0.39, 0.29) is 12.2 Å². The number of carbonyl (C=O) groups is 1. The molecule has 2 unspecified atom stereocenters. The van der Waals surface area contributed by atoms with Gasteiger partial charge < -0.3 is 14.2 Å². The Labute approximate surface area is 91.9 Å². The van der Waals surface area contributed by atoms with E-state index < -0.39 is 6.16 Å². The first kappa shape index (κ1) is 14.2. The fourth-order valence-electron chi connectivity index (χ4n) is 0.949. The van der Waals surface area contributed by atoms with Gasteiger partial charge in [-0.05, 0) is 27.2 Å². The van der Waals surface area contributed by atoms with Crippen LogP contribution in [0.25, 0.3) is 0 Å². The van der Waals surface area contributed by atoms with E-state index >= 15 is 0 Å². The molecular weight excluding hydrogens is 196 g/mol. The molecule has 4 nitrogen and oxygen atoms in total. The lowest BCUT2D eigenvalue weighted by Crippen LogP contribution is -2.29. The summed E-state index contributed by atoms with van der Waals surface area (Å²) in [7, 11) is 0. The Hall–Kier alpha value is -0.770. The van der Waals surface area contributed by atoms with Crippen molar-refractivity contribution < 1.29 is 19.0 Å². The lowest BCUT2D eigenvalue weighted by atomic mass is 10.2. The number of ether oxygens (including phenoxy) is 3. The predicted octanol–water partition coefficient (Wildman–Crippen LogP) is 2.75. The Morgan fingerprint density at radius 1 is 1.20 bits per heavy atom. The third-order valence-electron chi connectivity index (χ3n) is 2.08. The maximum atomic E-state index is 11.0. The molecule has 0 saturated carbocycles. The van der Waals surface area contributed by atoms with Crippen LogP contribution in [0.2, 0.25) is 0 Å². The van der Waals surface area contributed by atoms with E-state index in [0.29, 0.717) is 13.2 Å². The van der Waals surface area contributed by atoms with Gasteiger partial charge in [0.25, 0.3) is 0 Å². The molecule has 0 N–H and O–H groups in total. The molecule has 0 rings (SSSR count). The summed E-state index contributed by atoms with van der Waals surface area (Å²) >= 11 is 0. The van der Waals surface area contributed by atoms with E-state index in [0.717, 1.165) is 12.8 Å². The van der Waals surface area contributed by atoms with E-state index in [1.807, 2.05) is 6.92 Å². The van der Waals surface area contributed by atoms with Crippen LogP contribution in [-0.4, -0.2) is 31.6 Å². The first-order valence-corrected chi connectivity index (χ1v) is 5.56. The predicted molar refractivity (Wildman–Crippen MR) is 57.9 cm³/mol. The molecule has 0 aromatic heterocycles. The van der Waals surface area contributed by atoms with Gasteiger partial charge in [-0.25, -0.2) is 4.79 Å². The average molecular weight is 218 g/mol. The summed E-state index contributed by atoms with van der Waals surface area (Å²) in [6.45, 7) is 8.57. The first-order chi connectivity index (χ1) is 7.11. The summed E-state index contributed by atoms with van der Waals surface area (Å²) in [6, 6.07) is 0. The second-order valence-corrected chi connectivity index (χ2v) is 3.44. The van der Waals surface area contributed by atoms with Crippen LogP contribution in [0.15, 0.2) is 0 Å². The van der Waals surface area contributed by atoms with Gasteiger partial charge in [-0.3, -0.25) is 0 Å². The summed E-state index contributed by atoms with van der Waals surface area (Å²) in [4.78, 5) is 11.0. The zero-order valence-corrected chi connectivity index (χ0v) is 10.1. The molecule has 0 aliphatic carbocycles. The van der Waals surface area contributed by atoms with Gasteiger partial charge in [0.1, 0.15) is 6.10 Å². The molecule has 0 aliphatic rings. The maximum absolute atomic E-state index is 11.0. The van der Waals surface area contributed by atoms with Gasteiger partial charge in [-0.2, -0.15) is 0 Å². The second-order valence-electron chi connectivity index (χ2n) is 3.44. The Morgan fingerprint density at radius 3 is 2.40 bits per heavy atom. The quantitative estimate of drug-likeness (QED) is 0.487. The first-order valence-electron chi connectivity index (χ1n) is 5.56. The van der Waals surface area contributed by atoms with Crippen molar-refractivity contribution in [1.29, 1.82) is 0 Å². The summed E-state index contributed by atoms with van der Waals surface area (Å²) in [5, 5.41) is 0. The van der Waals surface area contributed by atoms with Crippen LogP contribution >= 0.6 is 0 Å². The molecule has 0 aromatic rings. The number of rotatable bonds is 7. The SMILES string of the molecule is CCCCOC(C)C(C)OC(=O)OCC. The Balaban J connectivity index is 3.67. The Bertz CT molecular complexity index is 170. The topological polar surface area (TPSA) is 44.8 Å². The Kier molecular flexibility index (Phi) is 8.09. The molecule has 0 radical (unpaired) electrons. The standard InChI is InChI=1S/C11H22O4/c1-5-7-8-14-9(3)10(4)15-11(12)13-6-2/h9-10H,5-8H2,1-4H3. The molecule has 0 fully saturated rings. The highest BCUT2D eigenvalue weighted by atomic mass is 16.7. The van der Waals surface area contributed by atoms with Crippen molar-refractivity contribution >= 4 is 6.16 Å². The zero-order chi connectivity index (χ0) is 11.7. The van der Waals surface area contributed by atoms with Crippen molar-refractivity contribution in [3.63, 3.8) is 0 Å². The summed E-state index contributed by atoms with van der Waals surface area (Å²) in [5.41, 5.74) is 0. The van der Waals surface area contributed by atoms with Gasteiger partial charge in [0.15, 0.2) is 0 Å². The number of unbranched alkanes of at least 4 members (excludes halogenated alkanes) is 1. The summed E-state index contributed by atoms with van der Waals surface area (Å²) < 4.78 is 15.2. The molecule has 0 heterocycles. The molecule has 4 heteroatoms. The minimum atomic E-state index is -0.629. The lowest BCUT2D eigenvalue weighted by Gasteiger charge is -2.20. The highest BCUT2D eigenvalue weighted by Gasteiger charge is 2.17. The van der Waals surface area contributed by atoms with Crippen molar-refractivity contribution in [2.45, 2.75) is 52.7 Å². The highest BCUT2D eigenvalue weighted by Crippen LogP contribution is 2.05. The van der Waals surface area contributed by atoms with Crippen molar-refractivity contribution in [3.05, 3.63) is 0 Å². The molecule has 2 atom stereocenters. The van der Waals surface area contributed by atoms with Gasteiger partial charge in [0, 0.05) is 6.61 Å². The monoisotopic (exact) mass is 218 g/mol. The fraction of sp³-hybridized carbons (Fsp3) is 0.909. The summed E-state index contributed by atoms with van der Waals surface area (Å²) in [5.74, 6) is 0. The van der Waals surface area contributed by atoms with E-state index in [1.165, 1.54) is 0 Å². The highest BCUT2D eigenvalue weighted by molar-refractivity contribution is 5.60. The van der Waals surface area contributed by atoms with Crippen molar-refractivity contribution in [1.82, 2.24) is 0 Å². The molecule has 0 spiro atoms. The van der Waals surface area contributed by atoms with Crippen molar-refractivity contribution in [2.75, 3.05) is 13.2 Å². The molecule has 0 aliphatic heterocycles. The molecule has 0 amide bonds. The molecule has 0 bridgehead atoms. The van der Waals surface area contributed by atoms with Crippen LogP contribution in [0.4, 0.5) is 4.79 Å². The second kappa shape index (κ2) is 8.53. The normalized spacial score (nSPS) is 14.4. The summed E-state index contributed by atoms with van der Waals surface area (Å²) in [6.07, 6.45) is 1.12. The average Bonchev–Trinajstić information content (AvgIpc) is 2.18. The largest absolute Gasteiger partial charge is 0.508 e. The van der Waals surface area contributed by atoms with Crippen LogP contribution in [0.3, 0.4) is 0 Å². The van der Waals surface area contributed by atoms with Gasteiger partial charge in [0.2, 0.25) is 0 Å². The van der Waals surface area contributed by atoms with E-state index in [4.69, 9.17) is 9.47 Å². The van der Waals surface area contributed by atoms with Crippen LogP contribution in [0, 0.1) is 0 Å². The molecular formula is C11H22O4. The Morgan fingerprint density at radius 2 is 1.87 bits per heavy atom. The minimum absolute atomic E-state index is 0.0963. The van der Waals surface area contributed by atoms with E-state index in [9.17, 15) is 4.79 Å². The number of hydrogen-bond donors (Lipinski definition) is 0. The third-order valence-corrected chi connectivity index (χ3v) is 2.08. The third kappa shape index (κ3) is 7.19. The lowest BCUT2D eigenvalue weighted by molar-refractivity contribution is -0.0482. The van der Waals surface area contributed by atoms with Gasteiger partial charge in [0.05, 0.1) is 12.7 Å². The molecule has 0 saturated heterocycles. The minimum Gasteiger partial charge on any atom is -0.435 e. The van der Waals surface area contributed by atoms with Crippen LogP contribution in [0.1, 0.15) is 40.5 Å².